The van der Waals surface area contributed by atoms with Gasteiger partial charge >= 0.3 is 5.97 Å². The van der Waals surface area contributed by atoms with Crippen molar-refractivity contribution < 1.29 is 19.4 Å². The smallest absolute Gasteiger partial charge is 0.337 e. The number of carbonyl (C=O) groups is 1. The van der Waals surface area contributed by atoms with E-state index in [-0.39, 0.29) is 10.6 Å². The number of hydrogen-bond donors (Lipinski definition) is 2. The molecule has 7 heteroatoms. The van der Waals surface area contributed by atoms with Crippen molar-refractivity contribution in [3.05, 3.63) is 51.5 Å². The number of carboxylic acid groups (broad SMARTS) is 1. The van der Waals surface area contributed by atoms with E-state index < -0.39 is 5.97 Å². The van der Waals surface area contributed by atoms with E-state index in [1.807, 2.05) is 6.92 Å². The second-order valence-corrected chi connectivity index (χ2v) is 6.11. The van der Waals surface area contributed by atoms with Crippen molar-refractivity contribution in [3.63, 3.8) is 0 Å². The van der Waals surface area contributed by atoms with E-state index >= 15 is 0 Å². The molecular weight excluding hydrogens is 365 g/mol. The van der Waals surface area contributed by atoms with Gasteiger partial charge in [0.1, 0.15) is 0 Å². The van der Waals surface area contributed by atoms with Gasteiger partial charge in [0.15, 0.2) is 11.5 Å². The average Bonchev–Trinajstić information content (AvgIpc) is 2.59. The molecule has 134 valence electrons. The van der Waals surface area contributed by atoms with Crippen LogP contribution in [-0.4, -0.2) is 24.8 Å². The van der Waals surface area contributed by atoms with Crippen LogP contribution >= 0.6 is 23.2 Å². The van der Waals surface area contributed by atoms with Gasteiger partial charge in [0.05, 0.1) is 24.3 Å². The fourth-order valence-electron chi connectivity index (χ4n) is 2.19. The summed E-state index contributed by atoms with van der Waals surface area (Å²) in [6, 6.07) is 8.25. The number of aromatic carboxylic acids is 1. The maximum absolute atomic E-state index is 11.1. The van der Waals surface area contributed by atoms with E-state index in [0.29, 0.717) is 35.4 Å². The number of ether oxygens (including phenoxy) is 2. The molecule has 0 heterocycles. The van der Waals surface area contributed by atoms with Crippen LogP contribution in [0.4, 0.5) is 5.69 Å². The van der Waals surface area contributed by atoms with E-state index in [2.05, 4.69) is 5.32 Å². The summed E-state index contributed by atoms with van der Waals surface area (Å²) in [7, 11) is 1.57. The molecule has 0 unspecified atom stereocenters. The quantitative estimate of drug-likeness (QED) is 0.663. The number of carboxylic acids is 1. The average molecular weight is 384 g/mol. The third-order valence-electron chi connectivity index (χ3n) is 3.47. The molecule has 0 fully saturated rings. The molecule has 0 aliphatic heterocycles. The number of anilines is 1. The normalized spacial score (nSPS) is 10.4. The number of nitrogens with one attached hydrogen (secondary N) is 1. The molecule has 2 N–H and O–H groups in total. The fraction of sp³-hybridized carbons (Fsp3) is 0.278. The van der Waals surface area contributed by atoms with Crippen LogP contribution < -0.4 is 14.8 Å². The zero-order valence-electron chi connectivity index (χ0n) is 13.9. The third-order valence-corrected chi connectivity index (χ3v) is 4.16. The monoisotopic (exact) mass is 383 g/mol. The molecule has 0 aliphatic carbocycles. The Hall–Kier alpha value is -2.11. The second kappa shape index (κ2) is 8.83. The summed E-state index contributed by atoms with van der Waals surface area (Å²) >= 11 is 12.2. The van der Waals surface area contributed by atoms with Gasteiger partial charge in [-0.3, -0.25) is 0 Å². The number of benzene rings is 2. The minimum Gasteiger partial charge on any atom is -0.493 e. The van der Waals surface area contributed by atoms with Crippen molar-refractivity contribution in [2.24, 2.45) is 0 Å². The van der Waals surface area contributed by atoms with Gasteiger partial charge in [0, 0.05) is 23.3 Å². The van der Waals surface area contributed by atoms with Gasteiger partial charge in [-0.05, 0) is 36.2 Å². The number of methoxy groups -OCH3 is 1. The van der Waals surface area contributed by atoms with Crippen LogP contribution in [0.5, 0.6) is 11.5 Å². The highest BCUT2D eigenvalue weighted by molar-refractivity contribution is 6.33. The summed E-state index contributed by atoms with van der Waals surface area (Å²) in [5.74, 6) is 0.112. The molecule has 0 saturated carbocycles. The Labute approximate surface area is 156 Å². The molecule has 0 atom stereocenters. The molecule has 2 rings (SSSR count). The topological polar surface area (TPSA) is 67.8 Å². The Morgan fingerprint density at radius 1 is 1.16 bits per heavy atom. The van der Waals surface area contributed by atoms with Crippen LogP contribution in [0.25, 0.3) is 0 Å². The summed E-state index contributed by atoms with van der Waals surface area (Å²) in [6.45, 7) is 2.99. The predicted molar refractivity (Wildman–Crippen MR) is 99.5 cm³/mol. The van der Waals surface area contributed by atoms with Gasteiger partial charge in [0.2, 0.25) is 0 Å². The van der Waals surface area contributed by atoms with E-state index in [0.717, 1.165) is 12.0 Å². The van der Waals surface area contributed by atoms with Crippen molar-refractivity contribution in [2.45, 2.75) is 19.9 Å². The number of rotatable bonds is 8. The third kappa shape index (κ3) is 4.94. The lowest BCUT2D eigenvalue weighted by atomic mass is 10.1. The van der Waals surface area contributed by atoms with Crippen LogP contribution in [0, 0.1) is 0 Å². The zero-order chi connectivity index (χ0) is 18.4. The van der Waals surface area contributed by atoms with E-state index in [1.54, 1.807) is 25.3 Å². The maximum atomic E-state index is 11.1. The standard InChI is InChI=1S/C18H19Cl2NO4/c1-3-6-25-17-9-15(20)11(7-16(17)24-2)10-21-12-4-5-14(19)13(8-12)18(22)23/h4-5,7-9,21H,3,6,10H2,1-2H3,(H,22,23). The van der Waals surface area contributed by atoms with Crippen LogP contribution in [0.1, 0.15) is 29.3 Å². The molecule has 2 aromatic rings. The molecule has 25 heavy (non-hydrogen) atoms. The highest BCUT2D eigenvalue weighted by atomic mass is 35.5. The highest BCUT2D eigenvalue weighted by Crippen LogP contribution is 2.34. The zero-order valence-corrected chi connectivity index (χ0v) is 15.4. The maximum Gasteiger partial charge on any atom is 0.337 e. The molecule has 0 radical (unpaired) electrons. The molecule has 0 amide bonds. The van der Waals surface area contributed by atoms with Crippen LogP contribution in [-0.2, 0) is 6.54 Å². The molecular formula is C18H19Cl2NO4. The first-order valence-electron chi connectivity index (χ1n) is 7.72. The lowest BCUT2D eigenvalue weighted by Gasteiger charge is -2.14. The number of halogens is 2. The van der Waals surface area contributed by atoms with Crippen molar-refractivity contribution >= 4 is 34.9 Å². The fourth-order valence-corrected chi connectivity index (χ4v) is 2.61. The minimum atomic E-state index is -1.08. The highest BCUT2D eigenvalue weighted by Gasteiger charge is 2.12. The summed E-state index contributed by atoms with van der Waals surface area (Å²) in [5.41, 5.74) is 1.47. The first kappa shape index (κ1) is 19.2. The van der Waals surface area contributed by atoms with Crippen molar-refractivity contribution in [3.8, 4) is 11.5 Å². The number of hydrogen-bond acceptors (Lipinski definition) is 4. The Balaban J connectivity index is 2.18. The van der Waals surface area contributed by atoms with E-state index in [4.69, 9.17) is 37.8 Å². The summed E-state index contributed by atoms with van der Waals surface area (Å²) in [6.07, 6.45) is 0.882. The molecule has 2 aromatic carbocycles. The molecule has 5 nitrogen and oxygen atoms in total. The Morgan fingerprint density at radius 2 is 1.92 bits per heavy atom. The van der Waals surface area contributed by atoms with Crippen molar-refractivity contribution in [1.82, 2.24) is 0 Å². The SMILES string of the molecule is CCCOc1cc(Cl)c(CNc2ccc(Cl)c(C(=O)O)c2)cc1OC. The molecule has 0 aliphatic rings. The Morgan fingerprint density at radius 3 is 2.56 bits per heavy atom. The molecule has 0 aromatic heterocycles. The lowest BCUT2D eigenvalue weighted by molar-refractivity contribution is 0.0697. The summed E-state index contributed by atoms with van der Waals surface area (Å²) < 4.78 is 11.0. The van der Waals surface area contributed by atoms with Crippen LogP contribution in [0.3, 0.4) is 0 Å². The largest absolute Gasteiger partial charge is 0.493 e. The molecule has 0 saturated heterocycles. The minimum absolute atomic E-state index is 0.0404. The van der Waals surface area contributed by atoms with E-state index in [1.165, 1.54) is 12.1 Å². The first-order chi connectivity index (χ1) is 12.0. The van der Waals surface area contributed by atoms with Gasteiger partial charge in [-0.1, -0.05) is 30.1 Å². The predicted octanol–water partition coefficient (Wildman–Crippen LogP) is 5.10. The van der Waals surface area contributed by atoms with Crippen LogP contribution in [0.2, 0.25) is 10.0 Å². The first-order valence-corrected chi connectivity index (χ1v) is 8.47. The van der Waals surface area contributed by atoms with Crippen molar-refractivity contribution in [2.75, 3.05) is 19.0 Å². The summed E-state index contributed by atoms with van der Waals surface area (Å²) in [4.78, 5) is 11.1. The molecule has 0 bridgehead atoms. The van der Waals surface area contributed by atoms with Crippen molar-refractivity contribution in [1.29, 1.82) is 0 Å². The van der Waals surface area contributed by atoms with Gasteiger partial charge in [-0.2, -0.15) is 0 Å². The lowest BCUT2D eigenvalue weighted by Crippen LogP contribution is -2.04. The van der Waals surface area contributed by atoms with Gasteiger partial charge in [-0.15, -0.1) is 0 Å². The van der Waals surface area contributed by atoms with Crippen LogP contribution in [0.15, 0.2) is 30.3 Å². The summed E-state index contributed by atoms with van der Waals surface area (Å²) in [5, 5.41) is 13.0. The second-order valence-electron chi connectivity index (χ2n) is 5.30. The Kier molecular flexibility index (Phi) is 6.79. The van der Waals surface area contributed by atoms with Gasteiger partial charge < -0.3 is 19.9 Å². The van der Waals surface area contributed by atoms with Gasteiger partial charge in [0.25, 0.3) is 0 Å². The Bertz CT molecular complexity index is 765. The van der Waals surface area contributed by atoms with E-state index in [9.17, 15) is 4.79 Å². The molecule has 0 spiro atoms. The van der Waals surface area contributed by atoms with Gasteiger partial charge in [-0.25, -0.2) is 4.79 Å².